The number of nitrogens with two attached hydrogens (primary N) is 2. The molecule has 4 N–H and O–H groups in total. The Labute approximate surface area is 166 Å². The average molecular weight is 364 g/mol. The van der Waals surface area contributed by atoms with Crippen LogP contribution >= 0.6 is 0 Å². The van der Waals surface area contributed by atoms with Gasteiger partial charge in [0.25, 0.3) is 0 Å². The fourth-order valence-corrected chi connectivity index (χ4v) is 3.68. The fraction of sp³-hybridized carbons (Fsp3) is 0.0769. The first-order valence-electron chi connectivity index (χ1n) is 9.57. The van der Waals surface area contributed by atoms with Gasteiger partial charge in [0.1, 0.15) is 0 Å². The summed E-state index contributed by atoms with van der Waals surface area (Å²) in [7, 11) is 0. The average Bonchev–Trinajstić information content (AvgIpc) is 2.79. The van der Waals surface area contributed by atoms with E-state index in [-0.39, 0.29) is 0 Å². The molecule has 0 aliphatic carbocycles. The third-order valence-electron chi connectivity index (χ3n) is 5.07. The Hall–Kier alpha value is -3.20. The summed E-state index contributed by atoms with van der Waals surface area (Å²) in [5.74, 6) is 0. The van der Waals surface area contributed by atoms with Crippen molar-refractivity contribution in [3.8, 4) is 33.4 Å². The van der Waals surface area contributed by atoms with Crippen molar-refractivity contribution in [3.05, 3.63) is 108 Å². The number of hydrogen-bond acceptors (Lipinski definition) is 2. The van der Waals surface area contributed by atoms with Crippen LogP contribution in [-0.2, 0) is 13.1 Å². The lowest BCUT2D eigenvalue weighted by Crippen LogP contribution is -1.98. The molecule has 0 saturated carbocycles. The minimum Gasteiger partial charge on any atom is -0.326 e. The summed E-state index contributed by atoms with van der Waals surface area (Å²) in [5.41, 5.74) is 21.3. The van der Waals surface area contributed by atoms with Crippen molar-refractivity contribution in [3.63, 3.8) is 0 Å². The highest BCUT2D eigenvalue weighted by molar-refractivity contribution is 5.94. The maximum absolute atomic E-state index is 5.92. The van der Waals surface area contributed by atoms with Crippen LogP contribution < -0.4 is 11.5 Å². The van der Waals surface area contributed by atoms with Crippen LogP contribution in [0.15, 0.2) is 97.1 Å². The van der Waals surface area contributed by atoms with E-state index in [0.717, 1.165) is 11.1 Å². The Morgan fingerprint density at radius 2 is 0.964 bits per heavy atom. The standard InChI is InChI=1S/C26H24N2/c27-17-19-7-4-11-22(15-19)25-14-6-13-24(21-9-2-1-3-10-21)26(25)23-12-5-8-20(16-23)18-28/h1-16H,17-18,27-28H2. The Bertz CT molecular complexity index is 1080. The van der Waals surface area contributed by atoms with Crippen LogP contribution in [0.2, 0.25) is 0 Å². The monoisotopic (exact) mass is 364 g/mol. The van der Waals surface area contributed by atoms with Crippen LogP contribution in [0.4, 0.5) is 0 Å². The summed E-state index contributed by atoms with van der Waals surface area (Å²) in [6, 6.07) is 34.0. The highest BCUT2D eigenvalue weighted by Gasteiger charge is 2.14. The largest absolute Gasteiger partial charge is 0.326 e. The molecule has 0 fully saturated rings. The predicted molar refractivity (Wildman–Crippen MR) is 119 cm³/mol. The van der Waals surface area contributed by atoms with Crippen LogP contribution in [0.5, 0.6) is 0 Å². The molecular formula is C26H24N2. The van der Waals surface area contributed by atoms with E-state index in [1.54, 1.807) is 0 Å². The first-order chi connectivity index (χ1) is 13.8. The number of hydrogen-bond donors (Lipinski definition) is 2. The predicted octanol–water partition coefficient (Wildman–Crippen LogP) is 5.61. The molecule has 138 valence electrons. The van der Waals surface area contributed by atoms with Gasteiger partial charge in [-0.15, -0.1) is 0 Å². The molecule has 4 aromatic rings. The molecule has 0 amide bonds. The quantitative estimate of drug-likeness (QED) is 0.484. The molecule has 4 rings (SSSR count). The van der Waals surface area contributed by atoms with Gasteiger partial charge in [-0.05, 0) is 56.6 Å². The van der Waals surface area contributed by atoms with Crippen LogP contribution in [0.3, 0.4) is 0 Å². The van der Waals surface area contributed by atoms with E-state index in [1.807, 2.05) is 6.07 Å². The lowest BCUT2D eigenvalue weighted by molar-refractivity contribution is 1.07. The molecule has 0 aliphatic rings. The number of rotatable bonds is 5. The molecule has 0 radical (unpaired) electrons. The molecule has 0 unspecified atom stereocenters. The molecular weight excluding hydrogens is 340 g/mol. The van der Waals surface area contributed by atoms with Gasteiger partial charge in [0.15, 0.2) is 0 Å². The second-order valence-corrected chi connectivity index (χ2v) is 6.90. The lowest BCUT2D eigenvalue weighted by Gasteiger charge is -2.17. The van der Waals surface area contributed by atoms with Crippen molar-refractivity contribution in [2.75, 3.05) is 0 Å². The zero-order chi connectivity index (χ0) is 19.3. The SMILES string of the molecule is NCc1cccc(-c2cccc(-c3ccccc3)c2-c2cccc(CN)c2)c1. The van der Waals surface area contributed by atoms with Crippen molar-refractivity contribution in [1.29, 1.82) is 0 Å². The first kappa shape index (κ1) is 18.2. The maximum Gasteiger partial charge on any atom is 0.0178 e. The molecule has 0 atom stereocenters. The molecule has 0 spiro atoms. The van der Waals surface area contributed by atoms with Gasteiger partial charge in [-0.2, -0.15) is 0 Å². The van der Waals surface area contributed by atoms with Gasteiger partial charge in [-0.3, -0.25) is 0 Å². The summed E-state index contributed by atoms with van der Waals surface area (Å²) in [5, 5.41) is 0. The van der Waals surface area contributed by atoms with E-state index in [1.165, 1.54) is 33.4 Å². The van der Waals surface area contributed by atoms with Crippen LogP contribution in [0.1, 0.15) is 11.1 Å². The zero-order valence-corrected chi connectivity index (χ0v) is 15.8. The molecule has 0 aliphatic heterocycles. The Kier molecular flexibility index (Phi) is 5.34. The molecule has 0 heterocycles. The van der Waals surface area contributed by atoms with Crippen molar-refractivity contribution in [2.24, 2.45) is 11.5 Å². The third-order valence-corrected chi connectivity index (χ3v) is 5.07. The van der Waals surface area contributed by atoms with E-state index in [9.17, 15) is 0 Å². The Balaban J connectivity index is 2.01. The summed E-state index contributed by atoms with van der Waals surface area (Å²) in [6.45, 7) is 1.06. The van der Waals surface area contributed by atoms with E-state index in [2.05, 4.69) is 91.0 Å². The fourth-order valence-electron chi connectivity index (χ4n) is 3.68. The van der Waals surface area contributed by atoms with Gasteiger partial charge < -0.3 is 11.5 Å². The number of benzene rings is 4. The van der Waals surface area contributed by atoms with Crippen molar-refractivity contribution < 1.29 is 0 Å². The van der Waals surface area contributed by atoms with Crippen molar-refractivity contribution >= 4 is 0 Å². The summed E-state index contributed by atoms with van der Waals surface area (Å²) in [4.78, 5) is 0. The molecule has 0 bridgehead atoms. The summed E-state index contributed by atoms with van der Waals surface area (Å²) >= 11 is 0. The molecule has 0 saturated heterocycles. The highest BCUT2D eigenvalue weighted by Crippen LogP contribution is 2.40. The van der Waals surface area contributed by atoms with E-state index in [0.29, 0.717) is 13.1 Å². The topological polar surface area (TPSA) is 52.0 Å². The van der Waals surface area contributed by atoms with Gasteiger partial charge in [0.2, 0.25) is 0 Å². The van der Waals surface area contributed by atoms with Crippen LogP contribution in [-0.4, -0.2) is 0 Å². The molecule has 2 nitrogen and oxygen atoms in total. The van der Waals surface area contributed by atoms with Crippen molar-refractivity contribution in [2.45, 2.75) is 13.1 Å². The molecule has 4 aromatic carbocycles. The molecule has 28 heavy (non-hydrogen) atoms. The maximum atomic E-state index is 5.92. The minimum absolute atomic E-state index is 0.527. The van der Waals surface area contributed by atoms with Gasteiger partial charge in [-0.1, -0.05) is 84.9 Å². The normalized spacial score (nSPS) is 10.8. The zero-order valence-electron chi connectivity index (χ0n) is 15.8. The summed E-state index contributed by atoms with van der Waals surface area (Å²) in [6.07, 6.45) is 0. The third kappa shape index (κ3) is 3.61. The lowest BCUT2D eigenvalue weighted by atomic mass is 9.87. The minimum atomic E-state index is 0.527. The van der Waals surface area contributed by atoms with E-state index in [4.69, 9.17) is 11.5 Å². The van der Waals surface area contributed by atoms with Gasteiger partial charge >= 0.3 is 0 Å². The van der Waals surface area contributed by atoms with Crippen LogP contribution in [0, 0.1) is 0 Å². The van der Waals surface area contributed by atoms with E-state index < -0.39 is 0 Å². The second-order valence-electron chi connectivity index (χ2n) is 6.90. The van der Waals surface area contributed by atoms with Gasteiger partial charge in [0, 0.05) is 13.1 Å². The van der Waals surface area contributed by atoms with Gasteiger partial charge in [0.05, 0.1) is 0 Å². The van der Waals surface area contributed by atoms with E-state index >= 15 is 0 Å². The van der Waals surface area contributed by atoms with Crippen molar-refractivity contribution in [1.82, 2.24) is 0 Å². The van der Waals surface area contributed by atoms with Crippen LogP contribution in [0.25, 0.3) is 33.4 Å². The molecule has 2 heteroatoms. The smallest absolute Gasteiger partial charge is 0.0178 e. The highest BCUT2D eigenvalue weighted by atomic mass is 14.5. The first-order valence-corrected chi connectivity index (χ1v) is 9.57. The second kappa shape index (κ2) is 8.22. The van der Waals surface area contributed by atoms with Gasteiger partial charge in [-0.25, -0.2) is 0 Å². The Morgan fingerprint density at radius 3 is 1.61 bits per heavy atom. The Morgan fingerprint density at radius 1 is 0.464 bits per heavy atom. The molecule has 0 aromatic heterocycles. The summed E-state index contributed by atoms with van der Waals surface area (Å²) < 4.78 is 0.